The van der Waals surface area contributed by atoms with Crippen LogP contribution in [0.3, 0.4) is 0 Å². The number of hydrogen-bond acceptors (Lipinski definition) is 2. The Balaban J connectivity index is 0.000000176. The molecule has 2 aromatic heterocycles. The molecular weight excluding hydrogens is 356 g/mol. The van der Waals surface area contributed by atoms with Gasteiger partial charge in [-0.25, -0.2) is 0 Å². The zero-order valence-corrected chi connectivity index (χ0v) is 17.2. The first-order valence-corrected chi connectivity index (χ1v) is 9.90. The minimum absolute atomic E-state index is 0.709. The standard InChI is InChI=1S/C11H14N2.C10H12N2.C4H6/c1-8-3-2-4-10-9(5-6-12)7-13-11(8)10;11-6-5-8-7-12-10-4-2-1-3-9(8)10;1-3-4-2/h2-4,7,13H,5-6,12H2,1H3;1-4,7,12H,5-6,11H2;3-4H,1-2H2. The molecule has 2 aromatic carbocycles. The van der Waals surface area contributed by atoms with Crippen LogP contribution >= 0.6 is 0 Å². The summed E-state index contributed by atoms with van der Waals surface area (Å²) < 4.78 is 0. The van der Waals surface area contributed by atoms with Crippen LogP contribution < -0.4 is 11.5 Å². The maximum atomic E-state index is 5.53. The van der Waals surface area contributed by atoms with Gasteiger partial charge in [-0.1, -0.05) is 61.7 Å². The molecule has 0 aliphatic heterocycles. The van der Waals surface area contributed by atoms with E-state index in [1.807, 2.05) is 12.3 Å². The van der Waals surface area contributed by atoms with Crippen molar-refractivity contribution in [1.29, 1.82) is 0 Å². The van der Waals surface area contributed by atoms with Crippen molar-refractivity contribution < 1.29 is 0 Å². The van der Waals surface area contributed by atoms with Gasteiger partial charge >= 0.3 is 0 Å². The Morgan fingerprint density at radius 3 is 2.03 bits per heavy atom. The number of allylic oxidation sites excluding steroid dienone is 2. The van der Waals surface area contributed by atoms with Crippen molar-refractivity contribution in [3.63, 3.8) is 0 Å². The minimum atomic E-state index is 0.709. The molecule has 4 heteroatoms. The second-order valence-electron chi connectivity index (χ2n) is 6.72. The van der Waals surface area contributed by atoms with Gasteiger partial charge in [0.2, 0.25) is 0 Å². The lowest BCUT2D eigenvalue weighted by atomic mass is 10.1. The predicted molar refractivity (Wildman–Crippen MR) is 127 cm³/mol. The van der Waals surface area contributed by atoms with Gasteiger partial charge in [0, 0.05) is 34.2 Å². The molecule has 0 amide bonds. The fraction of sp³-hybridized carbons (Fsp3) is 0.200. The third-order valence-electron chi connectivity index (χ3n) is 4.68. The van der Waals surface area contributed by atoms with Crippen LogP contribution in [-0.4, -0.2) is 23.1 Å². The maximum absolute atomic E-state index is 5.53. The molecule has 0 radical (unpaired) electrons. The van der Waals surface area contributed by atoms with Gasteiger partial charge in [-0.05, 0) is 55.6 Å². The fourth-order valence-corrected chi connectivity index (χ4v) is 3.22. The second kappa shape index (κ2) is 11.7. The van der Waals surface area contributed by atoms with Crippen molar-refractivity contribution in [2.45, 2.75) is 19.8 Å². The van der Waals surface area contributed by atoms with E-state index >= 15 is 0 Å². The summed E-state index contributed by atoms with van der Waals surface area (Å²) in [5.41, 5.74) is 17.4. The summed E-state index contributed by atoms with van der Waals surface area (Å²) in [6.45, 7) is 10.3. The Labute approximate surface area is 173 Å². The van der Waals surface area contributed by atoms with Crippen LogP contribution in [0, 0.1) is 6.92 Å². The van der Waals surface area contributed by atoms with E-state index in [9.17, 15) is 0 Å². The number of aryl methyl sites for hydroxylation is 1. The largest absolute Gasteiger partial charge is 0.361 e. The SMILES string of the molecule is C=CC=C.Cc1cccc2c(CCN)c[nH]c12.NCCc1c[nH]c2ccccc12. The smallest absolute Gasteiger partial charge is 0.0486 e. The lowest BCUT2D eigenvalue weighted by Gasteiger charge is -1.97. The lowest BCUT2D eigenvalue weighted by molar-refractivity contribution is 0.976. The first-order valence-electron chi connectivity index (χ1n) is 9.90. The number of aromatic amines is 2. The Kier molecular flexibility index (Phi) is 8.96. The highest BCUT2D eigenvalue weighted by Gasteiger charge is 2.03. The number of benzene rings is 2. The molecule has 0 aliphatic rings. The molecular formula is C25H32N4. The van der Waals surface area contributed by atoms with E-state index in [4.69, 9.17) is 11.5 Å². The second-order valence-corrected chi connectivity index (χ2v) is 6.72. The van der Waals surface area contributed by atoms with Crippen LogP contribution in [-0.2, 0) is 12.8 Å². The molecule has 0 atom stereocenters. The molecule has 4 nitrogen and oxygen atoms in total. The van der Waals surface area contributed by atoms with E-state index in [1.165, 1.54) is 38.5 Å². The summed E-state index contributed by atoms with van der Waals surface area (Å²) in [6.07, 6.45) is 9.27. The van der Waals surface area contributed by atoms with E-state index in [2.05, 4.69) is 72.6 Å². The first kappa shape index (κ1) is 22.2. The molecule has 2 heterocycles. The van der Waals surface area contributed by atoms with Crippen LogP contribution in [0.25, 0.3) is 21.8 Å². The summed E-state index contributed by atoms with van der Waals surface area (Å²) in [6, 6.07) is 14.6. The number of para-hydroxylation sites is 2. The first-order chi connectivity index (χ1) is 14.2. The van der Waals surface area contributed by atoms with Gasteiger partial charge in [0.25, 0.3) is 0 Å². The molecule has 0 saturated heterocycles. The Bertz CT molecular complexity index is 1030. The molecule has 0 bridgehead atoms. The van der Waals surface area contributed by atoms with Crippen LogP contribution in [0.15, 0.2) is 80.2 Å². The fourth-order valence-electron chi connectivity index (χ4n) is 3.22. The van der Waals surface area contributed by atoms with Crippen molar-refractivity contribution >= 4 is 21.8 Å². The van der Waals surface area contributed by atoms with E-state index in [-0.39, 0.29) is 0 Å². The molecule has 29 heavy (non-hydrogen) atoms. The predicted octanol–water partition coefficient (Wildman–Crippen LogP) is 5.01. The Morgan fingerprint density at radius 1 is 0.793 bits per heavy atom. The average molecular weight is 389 g/mol. The number of H-pyrrole nitrogens is 2. The highest BCUT2D eigenvalue weighted by Crippen LogP contribution is 2.21. The van der Waals surface area contributed by atoms with Crippen LogP contribution in [0.4, 0.5) is 0 Å². The maximum Gasteiger partial charge on any atom is 0.0486 e. The summed E-state index contributed by atoms with van der Waals surface area (Å²) in [7, 11) is 0. The third-order valence-corrected chi connectivity index (χ3v) is 4.68. The summed E-state index contributed by atoms with van der Waals surface area (Å²) in [4.78, 5) is 6.50. The molecule has 0 aliphatic carbocycles. The van der Waals surface area contributed by atoms with Gasteiger partial charge in [0.15, 0.2) is 0 Å². The van der Waals surface area contributed by atoms with Gasteiger partial charge < -0.3 is 21.4 Å². The van der Waals surface area contributed by atoms with Gasteiger partial charge in [0.05, 0.1) is 0 Å². The molecule has 0 spiro atoms. The van der Waals surface area contributed by atoms with E-state index in [0.29, 0.717) is 13.1 Å². The topological polar surface area (TPSA) is 83.6 Å². The minimum Gasteiger partial charge on any atom is -0.361 e. The number of aromatic nitrogens is 2. The van der Waals surface area contributed by atoms with Gasteiger partial charge in [-0.3, -0.25) is 0 Å². The quantitative estimate of drug-likeness (QED) is 0.363. The molecule has 0 saturated carbocycles. The normalized spacial score (nSPS) is 10.0. The zero-order chi connectivity index (χ0) is 21.1. The molecule has 0 unspecified atom stereocenters. The van der Waals surface area contributed by atoms with E-state index in [0.717, 1.165) is 12.8 Å². The number of fused-ring (bicyclic) bond motifs is 2. The third kappa shape index (κ3) is 5.95. The van der Waals surface area contributed by atoms with Gasteiger partial charge in [-0.2, -0.15) is 0 Å². The van der Waals surface area contributed by atoms with Crippen molar-refractivity contribution in [2.75, 3.05) is 13.1 Å². The van der Waals surface area contributed by atoms with Crippen molar-refractivity contribution in [3.05, 3.63) is 96.9 Å². The zero-order valence-electron chi connectivity index (χ0n) is 17.2. The summed E-state index contributed by atoms with van der Waals surface area (Å²) in [5.74, 6) is 0. The summed E-state index contributed by atoms with van der Waals surface area (Å²) >= 11 is 0. The molecule has 0 fully saturated rings. The van der Waals surface area contributed by atoms with E-state index in [1.54, 1.807) is 12.2 Å². The highest BCUT2D eigenvalue weighted by molar-refractivity contribution is 5.86. The van der Waals surface area contributed by atoms with Crippen LogP contribution in [0.1, 0.15) is 16.7 Å². The molecule has 4 rings (SSSR count). The Hall–Kier alpha value is -3.08. The highest BCUT2D eigenvalue weighted by atomic mass is 14.7. The molecule has 152 valence electrons. The average Bonchev–Trinajstić information content (AvgIpc) is 3.35. The number of rotatable bonds is 5. The molecule has 6 N–H and O–H groups in total. The monoisotopic (exact) mass is 388 g/mol. The molecule has 4 aromatic rings. The Morgan fingerprint density at radius 2 is 1.38 bits per heavy atom. The van der Waals surface area contributed by atoms with Crippen LogP contribution in [0.5, 0.6) is 0 Å². The summed E-state index contributed by atoms with van der Waals surface area (Å²) in [5, 5.41) is 2.61. The van der Waals surface area contributed by atoms with Crippen molar-refractivity contribution in [3.8, 4) is 0 Å². The van der Waals surface area contributed by atoms with E-state index < -0.39 is 0 Å². The number of hydrogen-bond donors (Lipinski definition) is 4. The number of nitrogens with two attached hydrogens (primary N) is 2. The van der Waals surface area contributed by atoms with Gasteiger partial charge in [0.1, 0.15) is 0 Å². The van der Waals surface area contributed by atoms with Gasteiger partial charge in [-0.15, -0.1) is 0 Å². The number of nitrogens with one attached hydrogen (secondary N) is 2. The van der Waals surface area contributed by atoms with Crippen molar-refractivity contribution in [2.24, 2.45) is 11.5 Å². The van der Waals surface area contributed by atoms with Crippen molar-refractivity contribution in [1.82, 2.24) is 9.97 Å². The lowest BCUT2D eigenvalue weighted by Crippen LogP contribution is -2.01. The van der Waals surface area contributed by atoms with Crippen LogP contribution in [0.2, 0.25) is 0 Å².